The van der Waals surface area contributed by atoms with Gasteiger partial charge in [0.05, 0.1) is 0 Å². The van der Waals surface area contributed by atoms with Crippen LogP contribution in [0.1, 0.15) is 0 Å². The van der Waals surface area contributed by atoms with Crippen molar-refractivity contribution >= 4 is 128 Å². The van der Waals surface area contributed by atoms with Crippen molar-refractivity contribution in [1.82, 2.24) is 0 Å². The Morgan fingerprint density at radius 1 is 0.290 bits per heavy atom. The van der Waals surface area contributed by atoms with Crippen LogP contribution >= 0.6 is 0 Å². The zero-order chi connectivity index (χ0) is 17.9. The normalized spacial score (nSPS) is 3.87. The quantitative estimate of drug-likeness (QED) is 0.242. The van der Waals surface area contributed by atoms with Crippen LogP contribution in [0.25, 0.3) is 0 Å². The third-order valence-corrected chi connectivity index (χ3v) is 0. The molecule has 0 aromatic rings. The maximum atomic E-state index is 8.52. The van der Waals surface area contributed by atoms with E-state index >= 15 is 0 Å². The van der Waals surface area contributed by atoms with E-state index in [2.05, 4.69) is 0 Å². The molecule has 0 saturated heterocycles. The molecule has 0 aliphatic heterocycles. The van der Waals surface area contributed by atoms with Gasteiger partial charge in [0.25, 0.3) is 0 Å². The molecule has 31 heteroatoms. The topological polar surface area (TPSA) is 466 Å². The van der Waals surface area contributed by atoms with Crippen molar-refractivity contribution in [2.45, 2.75) is 0 Å². The minimum Gasteiger partial charge on any atom is -0.870 e. The van der Waals surface area contributed by atoms with Crippen molar-refractivity contribution in [3.63, 3.8) is 0 Å². The molecule has 0 bridgehead atoms. The Bertz CT molecular complexity index is 231. The van der Waals surface area contributed by atoms with Crippen molar-refractivity contribution in [2.75, 3.05) is 0 Å². The van der Waals surface area contributed by atoms with Gasteiger partial charge in [0, 0.05) is 45.9 Å². The van der Waals surface area contributed by atoms with Gasteiger partial charge in [0.15, 0.2) is 0 Å². The fourth-order valence-corrected chi connectivity index (χ4v) is 0. The Morgan fingerprint density at radius 2 is 0.290 bits per heavy atom. The molecule has 31 heavy (non-hydrogen) atoms. The first-order valence-corrected chi connectivity index (χ1v) is 9.19. The average molecular weight is 573 g/mol. The predicted molar refractivity (Wildman–Crippen MR) is 76.4 cm³/mol. The molecule has 0 aromatic carbocycles. The van der Waals surface area contributed by atoms with Crippen molar-refractivity contribution in [3.8, 4) is 0 Å². The van der Waals surface area contributed by atoms with Gasteiger partial charge in [-0.15, -0.1) is 0 Å². The van der Waals surface area contributed by atoms with Gasteiger partial charge in [0.1, 0.15) is 0 Å². The molecule has 0 radical (unpaired) electrons. The van der Waals surface area contributed by atoms with E-state index in [4.69, 9.17) is 70.3 Å². The summed E-state index contributed by atoms with van der Waals surface area (Å²) in [5.41, 5.74) is 0. The molecule has 20 nitrogen and oxygen atoms in total. The van der Waals surface area contributed by atoms with Gasteiger partial charge in [0.2, 0.25) is 0 Å². The van der Waals surface area contributed by atoms with Crippen LogP contribution in [0.4, 0.5) is 0 Å². The second-order valence-corrected chi connectivity index (χ2v) is 3.75. The second kappa shape index (κ2) is 112. The fourth-order valence-electron chi connectivity index (χ4n) is 0. The van der Waals surface area contributed by atoms with Crippen molar-refractivity contribution in [1.29, 1.82) is 0 Å². The van der Waals surface area contributed by atoms with E-state index in [1.165, 1.54) is 0 Å². The van der Waals surface area contributed by atoms with Gasteiger partial charge >= 0.3 is 82.4 Å². The first-order valence-electron chi connectivity index (χ1n) is 3.06. The summed E-state index contributed by atoms with van der Waals surface area (Å²) in [6, 6.07) is 0. The maximum Gasteiger partial charge on any atom is 3.00 e. The van der Waals surface area contributed by atoms with Gasteiger partial charge in [-0.05, 0) is 0 Å². The summed E-state index contributed by atoms with van der Waals surface area (Å²) in [5, 5.41) is 0. The van der Waals surface area contributed by atoms with E-state index in [0.717, 1.165) is 0 Å². The minimum atomic E-state index is -3.63. The van der Waals surface area contributed by atoms with Crippen LogP contribution in [0, 0.1) is 0 Å². The Hall–Kier alpha value is -0.0117. The van der Waals surface area contributed by atoms with E-state index in [0.29, 0.717) is 0 Å². The molecule has 0 spiro atoms. The zero-order valence-electron chi connectivity index (χ0n) is 14.7. The van der Waals surface area contributed by atoms with Gasteiger partial charge in [-0.25, -0.2) is 0 Å². The molecule has 0 saturated carbocycles. The Morgan fingerprint density at radius 3 is 0.290 bits per heavy atom. The molecular weight excluding hydrogens is 568 g/mol. The minimum absolute atomic E-state index is 0. The van der Waals surface area contributed by atoms with Crippen LogP contribution in [-0.4, -0.2) is 156 Å². The summed E-state index contributed by atoms with van der Waals surface area (Å²) in [6.45, 7) is 0. The van der Waals surface area contributed by atoms with Crippen LogP contribution in [-0.2, 0) is 22.3 Å². The summed E-state index contributed by atoms with van der Waals surface area (Å²) in [7, 11) is -18.1. The number of hydrogen-bond acceptors (Lipinski definition) is 20. The fraction of sp³-hybridized carbons (Fsp3) is 0. The number of hydrogen-bond donors (Lipinski definition) is 0. The first kappa shape index (κ1) is 124. The SMILES string of the molecule is O=[Si]([O-])[O-].O=[Si]([O-])[O-].O=[Si]([O-])[O-].O=[Si]([O-])[O-].O=[Si]([O-])[O-].[Al+3].[Al+3].[Al+3].[Be+2].[Be+2].[Be+2].[OH-].[OH-].[OH-].[OH-].[OH-]. The van der Waals surface area contributed by atoms with Gasteiger partial charge in [-0.2, -0.15) is 0 Å². The van der Waals surface area contributed by atoms with E-state index in [1.807, 2.05) is 0 Å². The summed E-state index contributed by atoms with van der Waals surface area (Å²) >= 11 is 0. The first-order chi connectivity index (χ1) is 8.66. The van der Waals surface area contributed by atoms with Gasteiger partial charge in [-0.3, -0.25) is 0 Å². The molecule has 0 atom stereocenters. The van der Waals surface area contributed by atoms with Crippen LogP contribution in [0.2, 0.25) is 0 Å². The standard InChI is InChI=1S/3Al.3Be.5O3Si.5H2O/c;;;;;;5*1-4(2)3;;;;;/h;;;;;;;;;;;5*1H2/q3*+3;3*+2;5*-2;;;;;/p-5. The van der Waals surface area contributed by atoms with Crippen LogP contribution in [0.5, 0.6) is 0 Å². The molecule has 0 aromatic heterocycles. The van der Waals surface area contributed by atoms with Gasteiger partial charge < -0.3 is 97.6 Å². The summed E-state index contributed by atoms with van der Waals surface area (Å²) in [5.74, 6) is 0. The molecule has 0 aliphatic carbocycles. The van der Waals surface area contributed by atoms with Crippen molar-refractivity contribution < 1.29 is 97.6 Å². The molecule has 0 rings (SSSR count). The summed E-state index contributed by atoms with van der Waals surface area (Å²) in [4.78, 5) is 85.2. The predicted octanol–water partition coefficient (Wildman–Crippen LogP) is -17.6. The van der Waals surface area contributed by atoms with Crippen molar-refractivity contribution in [3.05, 3.63) is 0 Å². The van der Waals surface area contributed by atoms with Crippen LogP contribution in [0.3, 0.4) is 0 Å². The summed E-state index contributed by atoms with van der Waals surface area (Å²) < 4.78 is 42.6. The van der Waals surface area contributed by atoms with Crippen molar-refractivity contribution in [2.24, 2.45) is 0 Å². The molecule has 5 N–H and O–H groups in total. The van der Waals surface area contributed by atoms with E-state index in [-0.39, 0.29) is 110 Å². The molecule has 160 valence electrons. The Balaban J connectivity index is -0.00000000595. The molecule has 0 heterocycles. The second-order valence-electron chi connectivity index (χ2n) is 1.25. The smallest absolute Gasteiger partial charge is 0.870 e. The monoisotopic (exact) mass is 573 g/mol. The molecule has 0 amide bonds. The average Bonchev–Trinajstić information content (AvgIpc) is 1.94. The van der Waals surface area contributed by atoms with E-state index in [1.54, 1.807) is 0 Å². The zero-order valence-corrected chi connectivity index (χ0v) is 23.2. The molecular formula is H5Al3Be3O20Si5. The molecule has 0 fully saturated rings. The largest absolute Gasteiger partial charge is 3.00 e. The van der Waals surface area contributed by atoms with Crippen LogP contribution in [0.15, 0.2) is 0 Å². The molecule has 0 unspecified atom stereocenters. The van der Waals surface area contributed by atoms with Crippen LogP contribution < -0.4 is 48.0 Å². The number of rotatable bonds is 0. The third-order valence-electron chi connectivity index (χ3n) is 0. The van der Waals surface area contributed by atoms with E-state index in [9.17, 15) is 0 Å². The third kappa shape index (κ3) is 172000000. The molecule has 0 aliphatic rings. The Labute approximate surface area is 225 Å². The maximum absolute atomic E-state index is 8.52. The Kier molecular flexibility index (Phi) is 449. The summed E-state index contributed by atoms with van der Waals surface area (Å²) in [6.07, 6.45) is 0. The van der Waals surface area contributed by atoms with E-state index < -0.39 is 45.9 Å². The van der Waals surface area contributed by atoms with Gasteiger partial charge in [-0.1, -0.05) is 0 Å².